The minimum Gasteiger partial charge on any atom is -0.508 e. The van der Waals surface area contributed by atoms with Gasteiger partial charge in [-0.25, -0.2) is 0 Å². The molecule has 0 spiro atoms. The van der Waals surface area contributed by atoms with Crippen LogP contribution in [0.5, 0.6) is 11.5 Å². The van der Waals surface area contributed by atoms with Gasteiger partial charge in [0.1, 0.15) is 11.5 Å². The van der Waals surface area contributed by atoms with Crippen LogP contribution < -0.4 is 9.92 Å². The van der Waals surface area contributed by atoms with Crippen LogP contribution in [0.25, 0.3) is 0 Å². The minimum atomic E-state index is -1.39. The Balaban J connectivity index is 1.98. The molecule has 0 heterocycles. The van der Waals surface area contributed by atoms with Crippen LogP contribution in [0.15, 0.2) is 48.5 Å². The Morgan fingerprint density at radius 3 is 2.43 bits per heavy atom. The third-order valence-electron chi connectivity index (χ3n) is 4.09. The summed E-state index contributed by atoms with van der Waals surface area (Å²) in [6.07, 6.45) is 1.99. The van der Waals surface area contributed by atoms with E-state index in [2.05, 4.69) is 43.4 Å². The first kappa shape index (κ1) is 15.6. The zero-order valence-electron chi connectivity index (χ0n) is 13.1. The van der Waals surface area contributed by atoms with Crippen LogP contribution in [0.4, 0.5) is 0 Å². The molecule has 0 aliphatic heterocycles. The van der Waals surface area contributed by atoms with Crippen molar-refractivity contribution in [3.63, 3.8) is 0 Å². The predicted molar refractivity (Wildman–Crippen MR) is 91.3 cm³/mol. The van der Waals surface area contributed by atoms with Crippen LogP contribution >= 0.6 is 0 Å². The maximum Gasteiger partial charge on any atom is 0.119 e. The van der Waals surface area contributed by atoms with Crippen molar-refractivity contribution in [2.75, 3.05) is 7.11 Å². The lowest BCUT2D eigenvalue weighted by atomic mass is 10.1. The standard InChI is InChI=1S/C18H24O2Si/c1-20-16-11-12-18(19)15(14-16)8-7-13-21(2,3)17-9-5-4-6-10-17/h4-6,9-12,14,19H,7-8,13H2,1-3H3. The highest BCUT2D eigenvalue weighted by Crippen LogP contribution is 2.25. The molecule has 0 atom stereocenters. The third-order valence-corrected chi connectivity index (χ3v) is 7.59. The fourth-order valence-electron chi connectivity index (χ4n) is 2.64. The van der Waals surface area contributed by atoms with Crippen LogP contribution in [-0.2, 0) is 6.42 Å². The Hall–Kier alpha value is -1.74. The summed E-state index contributed by atoms with van der Waals surface area (Å²) in [7, 11) is 0.269. The third kappa shape index (κ3) is 4.11. The van der Waals surface area contributed by atoms with Crippen molar-refractivity contribution in [2.24, 2.45) is 0 Å². The maximum absolute atomic E-state index is 9.93. The fraction of sp³-hybridized carbons (Fsp3) is 0.333. The average Bonchev–Trinajstić information content (AvgIpc) is 2.50. The SMILES string of the molecule is COc1ccc(O)c(CCC[Si](C)(C)c2ccccc2)c1. The van der Waals surface area contributed by atoms with Crippen molar-refractivity contribution in [1.29, 1.82) is 0 Å². The summed E-state index contributed by atoms with van der Waals surface area (Å²) in [5, 5.41) is 11.4. The number of benzene rings is 2. The van der Waals surface area contributed by atoms with Gasteiger partial charge in [-0.15, -0.1) is 0 Å². The van der Waals surface area contributed by atoms with Gasteiger partial charge in [-0.3, -0.25) is 0 Å². The zero-order chi connectivity index (χ0) is 15.3. The number of ether oxygens (including phenoxy) is 1. The molecular formula is C18H24O2Si. The Kier molecular flexibility index (Phi) is 5.07. The number of phenols is 1. The van der Waals surface area contributed by atoms with E-state index in [0.717, 1.165) is 24.2 Å². The van der Waals surface area contributed by atoms with E-state index in [0.29, 0.717) is 5.75 Å². The summed E-state index contributed by atoms with van der Waals surface area (Å²) in [6.45, 7) is 4.82. The highest BCUT2D eigenvalue weighted by atomic mass is 28.3. The molecule has 0 saturated carbocycles. The minimum absolute atomic E-state index is 0.370. The number of aryl methyl sites for hydroxylation is 1. The van der Waals surface area contributed by atoms with E-state index >= 15 is 0 Å². The molecule has 112 valence electrons. The summed E-state index contributed by atoms with van der Waals surface area (Å²) in [5.41, 5.74) is 0.979. The van der Waals surface area contributed by atoms with Gasteiger partial charge in [0, 0.05) is 0 Å². The first-order valence-electron chi connectivity index (χ1n) is 7.44. The van der Waals surface area contributed by atoms with Gasteiger partial charge < -0.3 is 9.84 Å². The summed E-state index contributed by atoms with van der Waals surface area (Å²) < 4.78 is 5.22. The molecule has 0 bridgehead atoms. The van der Waals surface area contributed by atoms with E-state index in [4.69, 9.17) is 4.74 Å². The molecule has 2 aromatic rings. The van der Waals surface area contributed by atoms with Gasteiger partial charge in [0.25, 0.3) is 0 Å². The first-order chi connectivity index (χ1) is 10.0. The first-order valence-corrected chi connectivity index (χ1v) is 10.6. The summed E-state index contributed by atoms with van der Waals surface area (Å²) >= 11 is 0. The predicted octanol–water partition coefficient (Wildman–Crippen LogP) is 3.95. The molecule has 2 nitrogen and oxygen atoms in total. The Bertz CT molecular complexity index is 579. The van der Waals surface area contributed by atoms with E-state index < -0.39 is 8.07 Å². The van der Waals surface area contributed by atoms with E-state index in [9.17, 15) is 5.11 Å². The highest BCUT2D eigenvalue weighted by Gasteiger charge is 2.22. The quantitative estimate of drug-likeness (QED) is 0.819. The van der Waals surface area contributed by atoms with Gasteiger partial charge in [-0.2, -0.15) is 0 Å². The maximum atomic E-state index is 9.93. The van der Waals surface area contributed by atoms with Crippen LogP contribution in [0.2, 0.25) is 19.1 Å². The smallest absolute Gasteiger partial charge is 0.119 e. The van der Waals surface area contributed by atoms with Gasteiger partial charge in [0.15, 0.2) is 0 Å². The van der Waals surface area contributed by atoms with Crippen molar-refractivity contribution in [1.82, 2.24) is 0 Å². The summed E-state index contributed by atoms with van der Waals surface area (Å²) in [4.78, 5) is 0. The zero-order valence-corrected chi connectivity index (χ0v) is 14.1. The lowest BCUT2D eigenvalue weighted by Crippen LogP contribution is -2.40. The molecule has 0 fully saturated rings. The Morgan fingerprint density at radius 2 is 1.76 bits per heavy atom. The number of hydrogen-bond acceptors (Lipinski definition) is 2. The molecule has 0 amide bonds. The number of phenolic OH excluding ortho intramolecular Hbond substituents is 1. The van der Waals surface area contributed by atoms with Crippen molar-refractivity contribution in [3.8, 4) is 11.5 Å². The average molecular weight is 300 g/mol. The second kappa shape index (κ2) is 6.81. The number of rotatable bonds is 6. The van der Waals surface area contributed by atoms with Gasteiger partial charge in [-0.05, 0) is 30.2 Å². The van der Waals surface area contributed by atoms with Gasteiger partial charge >= 0.3 is 0 Å². The van der Waals surface area contributed by atoms with E-state index in [1.807, 2.05) is 6.07 Å². The molecule has 21 heavy (non-hydrogen) atoms. The topological polar surface area (TPSA) is 29.5 Å². The molecule has 3 heteroatoms. The van der Waals surface area contributed by atoms with E-state index in [1.54, 1.807) is 19.2 Å². The van der Waals surface area contributed by atoms with E-state index in [-0.39, 0.29) is 0 Å². The van der Waals surface area contributed by atoms with Crippen molar-refractivity contribution < 1.29 is 9.84 Å². The fourth-order valence-corrected chi connectivity index (χ4v) is 5.09. The summed E-state index contributed by atoms with van der Waals surface area (Å²) in [6, 6.07) is 17.5. The van der Waals surface area contributed by atoms with Crippen LogP contribution in [0.3, 0.4) is 0 Å². The number of aromatic hydroxyl groups is 1. The lowest BCUT2D eigenvalue weighted by molar-refractivity contribution is 0.410. The highest BCUT2D eigenvalue weighted by molar-refractivity contribution is 6.89. The number of hydrogen-bond donors (Lipinski definition) is 1. The molecule has 2 aromatic carbocycles. The van der Waals surface area contributed by atoms with Crippen LogP contribution in [0, 0.1) is 0 Å². The second-order valence-corrected chi connectivity index (χ2v) is 10.9. The monoisotopic (exact) mass is 300 g/mol. The molecule has 2 rings (SSSR count). The normalized spacial score (nSPS) is 11.4. The van der Waals surface area contributed by atoms with Crippen LogP contribution in [-0.4, -0.2) is 20.3 Å². The largest absolute Gasteiger partial charge is 0.508 e. The molecule has 0 aliphatic carbocycles. The lowest BCUT2D eigenvalue weighted by Gasteiger charge is -2.23. The van der Waals surface area contributed by atoms with Crippen molar-refractivity contribution in [3.05, 3.63) is 54.1 Å². The Labute approximate surface area is 128 Å². The van der Waals surface area contributed by atoms with Crippen molar-refractivity contribution >= 4 is 13.3 Å². The molecule has 0 aromatic heterocycles. The molecule has 0 unspecified atom stereocenters. The molecular weight excluding hydrogens is 276 g/mol. The molecule has 0 aliphatic rings. The van der Waals surface area contributed by atoms with Gasteiger partial charge in [0.2, 0.25) is 0 Å². The van der Waals surface area contributed by atoms with Gasteiger partial charge in [-0.1, -0.05) is 61.1 Å². The van der Waals surface area contributed by atoms with Gasteiger partial charge in [0.05, 0.1) is 15.2 Å². The van der Waals surface area contributed by atoms with E-state index in [1.165, 1.54) is 11.2 Å². The molecule has 0 radical (unpaired) electrons. The van der Waals surface area contributed by atoms with Crippen LogP contribution in [0.1, 0.15) is 12.0 Å². The Morgan fingerprint density at radius 1 is 1.05 bits per heavy atom. The number of methoxy groups -OCH3 is 1. The second-order valence-electron chi connectivity index (χ2n) is 6.10. The van der Waals surface area contributed by atoms with Crippen molar-refractivity contribution in [2.45, 2.75) is 32.0 Å². The summed E-state index contributed by atoms with van der Waals surface area (Å²) in [5.74, 6) is 1.18. The molecule has 1 N–H and O–H groups in total. The molecule has 0 saturated heterocycles.